The maximum atomic E-state index is 13.6. The molecular formula is C12H15ClFNO. The first-order chi connectivity index (χ1) is 7.68. The van der Waals surface area contributed by atoms with Crippen molar-refractivity contribution in [3.63, 3.8) is 0 Å². The highest BCUT2D eigenvalue weighted by atomic mass is 35.5. The van der Waals surface area contributed by atoms with Gasteiger partial charge in [-0.1, -0.05) is 11.6 Å². The van der Waals surface area contributed by atoms with Gasteiger partial charge in [0.2, 0.25) is 0 Å². The highest BCUT2D eigenvalue weighted by molar-refractivity contribution is 6.30. The summed E-state index contributed by atoms with van der Waals surface area (Å²) in [6.07, 6.45) is 1.76. The van der Waals surface area contributed by atoms with Gasteiger partial charge in [-0.2, -0.15) is 0 Å². The number of hydrogen-bond donors (Lipinski definition) is 1. The molecule has 1 aliphatic heterocycles. The molecule has 4 heteroatoms. The molecule has 0 saturated carbocycles. The Morgan fingerprint density at radius 3 is 2.75 bits per heavy atom. The van der Waals surface area contributed by atoms with Crippen LogP contribution in [0.2, 0.25) is 5.02 Å². The Kier molecular flexibility index (Phi) is 3.79. The zero-order valence-electron chi connectivity index (χ0n) is 8.96. The normalized spacial score (nSPS) is 19.7. The average Bonchev–Trinajstić information content (AvgIpc) is 2.32. The van der Waals surface area contributed by atoms with Crippen molar-refractivity contribution in [1.29, 1.82) is 0 Å². The Labute approximate surface area is 99.5 Å². The Hall–Kier alpha value is -0.640. The molecule has 0 aliphatic carbocycles. The van der Waals surface area contributed by atoms with Crippen molar-refractivity contribution in [2.75, 3.05) is 13.2 Å². The van der Waals surface area contributed by atoms with E-state index in [1.54, 1.807) is 6.07 Å². The van der Waals surface area contributed by atoms with Crippen LogP contribution in [0.15, 0.2) is 18.2 Å². The van der Waals surface area contributed by atoms with Gasteiger partial charge in [0.05, 0.1) is 0 Å². The summed E-state index contributed by atoms with van der Waals surface area (Å²) in [4.78, 5) is 0. The fraction of sp³-hybridized carbons (Fsp3) is 0.500. The van der Waals surface area contributed by atoms with Crippen molar-refractivity contribution < 1.29 is 9.13 Å². The summed E-state index contributed by atoms with van der Waals surface area (Å²) in [5, 5.41) is 0.527. The maximum Gasteiger partial charge on any atom is 0.128 e. The molecule has 0 aromatic heterocycles. The van der Waals surface area contributed by atoms with Crippen LogP contribution in [0, 0.1) is 11.7 Å². The first-order valence-corrected chi connectivity index (χ1v) is 5.84. The van der Waals surface area contributed by atoms with E-state index in [0.29, 0.717) is 23.8 Å². The lowest BCUT2D eigenvalue weighted by Crippen LogP contribution is -2.28. The second-order valence-corrected chi connectivity index (χ2v) is 4.58. The van der Waals surface area contributed by atoms with Gasteiger partial charge < -0.3 is 10.5 Å². The minimum Gasteiger partial charge on any atom is -0.381 e. The first kappa shape index (κ1) is 11.8. The van der Waals surface area contributed by atoms with E-state index in [9.17, 15) is 4.39 Å². The van der Waals surface area contributed by atoms with E-state index >= 15 is 0 Å². The molecule has 0 spiro atoms. The van der Waals surface area contributed by atoms with Crippen LogP contribution in [0.1, 0.15) is 24.4 Å². The number of ether oxygens (including phenoxy) is 1. The third-order valence-electron chi connectivity index (χ3n) is 3.09. The smallest absolute Gasteiger partial charge is 0.128 e. The zero-order chi connectivity index (χ0) is 11.5. The van der Waals surface area contributed by atoms with Crippen molar-refractivity contribution >= 4 is 11.6 Å². The van der Waals surface area contributed by atoms with Crippen LogP contribution in [0.25, 0.3) is 0 Å². The third kappa shape index (κ3) is 2.54. The summed E-state index contributed by atoms with van der Waals surface area (Å²) in [5.74, 6) is 0.00473. The lowest BCUT2D eigenvalue weighted by atomic mass is 9.87. The summed E-state index contributed by atoms with van der Waals surface area (Å²) >= 11 is 5.85. The molecule has 1 aromatic rings. The lowest BCUT2D eigenvalue weighted by Gasteiger charge is -2.28. The summed E-state index contributed by atoms with van der Waals surface area (Å²) < 4.78 is 18.9. The van der Waals surface area contributed by atoms with E-state index < -0.39 is 0 Å². The SMILES string of the molecule is N[C@H](c1cc(Cl)ccc1F)C1CCOCC1. The molecule has 2 nitrogen and oxygen atoms in total. The number of rotatable bonds is 2. The van der Waals surface area contributed by atoms with Crippen molar-refractivity contribution in [1.82, 2.24) is 0 Å². The fourth-order valence-corrected chi connectivity index (χ4v) is 2.28. The van der Waals surface area contributed by atoms with E-state index in [2.05, 4.69) is 0 Å². The molecule has 88 valence electrons. The molecule has 0 radical (unpaired) electrons. The molecule has 0 bridgehead atoms. The third-order valence-corrected chi connectivity index (χ3v) is 3.33. The lowest BCUT2D eigenvalue weighted by molar-refractivity contribution is 0.0580. The summed E-state index contributed by atoms with van der Waals surface area (Å²) in [6.45, 7) is 1.42. The van der Waals surface area contributed by atoms with E-state index in [4.69, 9.17) is 22.1 Å². The van der Waals surface area contributed by atoms with E-state index in [1.807, 2.05) is 0 Å². The predicted molar refractivity (Wildman–Crippen MR) is 61.9 cm³/mol. The van der Waals surface area contributed by atoms with E-state index in [1.165, 1.54) is 12.1 Å². The molecule has 1 saturated heterocycles. The van der Waals surface area contributed by atoms with Crippen molar-refractivity contribution in [3.8, 4) is 0 Å². The van der Waals surface area contributed by atoms with Gasteiger partial charge in [0, 0.05) is 29.8 Å². The van der Waals surface area contributed by atoms with E-state index in [0.717, 1.165) is 12.8 Å². The first-order valence-electron chi connectivity index (χ1n) is 5.47. The highest BCUT2D eigenvalue weighted by Gasteiger charge is 2.24. The van der Waals surface area contributed by atoms with Crippen LogP contribution < -0.4 is 5.73 Å². The Bertz CT molecular complexity index is 366. The van der Waals surface area contributed by atoms with Gasteiger partial charge in [-0.3, -0.25) is 0 Å². The van der Waals surface area contributed by atoms with Gasteiger partial charge in [-0.25, -0.2) is 4.39 Å². The van der Waals surface area contributed by atoms with Gasteiger partial charge in [0.25, 0.3) is 0 Å². The van der Waals surface area contributed by atoms with Gasteiger partial charge in [-0.05, 0) is 37.0 Å². The predicted octanol–water partition coefficient (Wildman–Crippen LogP) is 2.91. The standard InChI is InChI=1S/C12H15ClFNO/c13-9-1-2-11(14)10(7-9)12(15)8-3-5-16-6-4-8/h1-2,7-8,12H,3-6,15H2/t12-/m0/s1. The Morgan fingerprint density at radius 1 is 1.38 bits per heavy atom. The Morgan fingerprint density at radius 2 is 2.06 bits per heavy atom. The summed E-state index contributed by atoms with van der Waals surface area (Å²) in [6, 6.07) is 4.24. The molecule has 0 unspecified atom stereocenters. The quantitative estimate of drug-likeness (QED) is 0.867. The number of halogens is 2. The van der Waals surface area contributed by atoms with Gasteiger partial charge in [-0.15, -0.1) is 0 Å². The molecule has 0 amide bonds. The van der Waals surface area contributed by atoms with Gasteiger partial charge in [0.1, 0.15) is 5.82 Å². The molecule has 16 heavy (non-hydrogen) atoms. The Balaban J connectivity index is 2.18. The zero-order valence-corrected chi connectivity index (χ0v) is 9.71. The molecule has 1 aliphatic rings. The molecule has 2 N–H and O–H groups in total. The van der Waals surface area contributed by atoms with Crippen LogP contribution in [0.5, 0.6) is 0 Å². The second-order valence-electron chi connectivity index (χ2n) is 4.14. The number of nitrogens with two attached hydrogens (primary N) is 1. The topological polar surface area (TPSA) is 35.2 Å². The van der Waals surface area contributed by atoms with Gasteiger partial charge in [0.15, 0.2) is 0 Å². The van der Waals surface area contributed by atoms with Crippen LogP contribution in [0.4, 0.5) is 4.39 Å². The number of hydrogen-bond acceptors (Lipinski definition) is 2. The van der Waals surface area contributed by atoms with Crippen molar-refractivity contribution in [3.05, 3.63) is 34.6 Å². The second kappa shape index (κ2) is 5.13. The van der Waals surface area contributed by atoms with Crippen LogP contribution in [-0.4, -0.2) is 13.2 Å². The molecule has 1 aromatic carbocycles. The summed E-state index contributed by atoms with van der Waals surface area (Å²) in [7, 11) is 0. The molecule has 1 heterocycles. The average molecular weight is 244 g/mol. The monoisotopic (exact) mass is 243 g/mol. The minimum atomic E-state index is -0.289. The largest absolute Gasteiger partial charge is 0.381 e. The summed E-state index contributed by atoms with van der Waals surface area (Å²) in [5.41, 5.74) is 6.60. The van der Waals surface area contributed by atoms with E-state index in [-0.39, 0.29) is 17.8 Å². The van der Waals surface area contributed by atoms with Crippen molar-refractivity contribution in [2.24, 2.45) is 11.7 Å². The fourth-order valence-electron chi connectivity index (χ4n) is 2.10. The molecule has 1 fully saturated rings. The highest BCUT2D eigenvalue weighted by Crippen LogP contribution is 2.30. The van der Waals surface area contributed by atoms with Crippen LogP contribution >= 0.6 is 11.6 Å². The minimum absolute atomic E-state index is 0.275. The number of benzene rings is 1. The maximum absolute atomic E-state index is 13.6. The molecule has 2 rings (SSSR count). The van der Waals surface area contributed by atoms with Crippen molar-refractivity contribution in [2.45, 2.75) is 18.9 Å². The molecular weight excluding hydrogens is 229 g/mol. The molecule has 1 atom stereocenters. The van der Waals surface area contributed by atoms with Crippen LogP contribution in [-0.2, 0) is 4.74 Å². The van der Waals surface area contributed by atoms with Crippen LogP contribution in [0.3, 0.4) is 0 Å². The van der Waals surface area contributed by atoms with Gasteiger partial charge >= 0.3 is 0 Å².